The summed E-state index contributed by atoms with van der Waals surface area (Å²) in [6.45, 7) is 25.1. The zero-order chi connectivity index (χ0) is 61.7. The SMILES string of the molecule is [C-]#[N+]C(C#N)=C1/C(=C/c2cc3sc4c(c3s2)C(CCCCCCCC)(CCCCCCCC)c2cc3c(cc2-4)C(CCCCCCCC)(CCCCCCCC)c2c-3sc3cc(/C=C4\C(=O)c5sc(Cl)cc5\C4=C(/C#N)[N+]#[C-])sc23)C(=O)c2sc(Cl)cc21. The first-order chi connectivity index (χ1) is 42.9. The molecule has 6 heterocycles. The minimum Gasteiger partial charge on any atom is -0.288 e. The standard InChI is InChI=1S/C74H76Cl2N4O2S6/c1-7-11-15-19-23-27-31-73(32-28-24-20-16-12-8-2)53-39-48-54(40-47(53)67-63(73)71-57(85-67)37-45(83-71)35-49-61(55(43-77)79-5)51-41-59(75)87-69(51)65(49)81)74(33-29-25-21-17-13-9-3,34-30-26-22-18-14-10-4)64-68(48)86-58-38-46(84-72(58)64)36-50-62(56(44-78)80-6)52-42-60(76)88-70(52)66(50)82/h35-42H,7-34H2,1-4H3/b49-35-,50-36-,61-55+,62-56?. The van der Waals surface area contributed by atoms with Gasteiger partial charge in [0.2, 0.25) is 11.6 Å². The maximum atomic E-state index is 14.3. The summed E-state index contributed by atoms with van der Waals surface area (Å²) in [6, 6.07) is 17.6. The normalized spacial score (nSPS) is 16.9. The number of carbonyl (C=O) groups excluding carboxylic acids is 2. The molecule has 0 radical (unpaired) electrons. The second-order valence-electron chi connectivity index (χ2n) is 24.7. The first-order valence-electron chi connectivity index (χ1n) is 32.4. The Morgan fingerprint density at radius 2 is 0.784 bits per heavy atom. The first kappa shape index (κ1) is 64.3. The zero-order valence-corrected chi connectivity index (χ0v) is 57.6. The number of carbonyl (C=O) groups is 2. The summed E-state index contributed by atoms with van der Waals surface area (Å²) in [5.74, 6) is -0.365. The number of fused-ring (bicyclic) bond motifs is 12. The summed E-state index contributed by atoms with van der Waals surface area (Å²) >= 11 is 22.8. The number of hydrogen-bond acceptors (Lipinski definition) is 10. The maximum absolute atomic E-state index is 14.3. The highest BCUT2D eigenvalue weighted by Gasteiger charge is 2.51. The highest BCUT2D eigenvalue weighted by molar-refractivity contribution is 7.31. The largest absolute Gasteiger partial charge is 0.288 e. The Morgan fingerprint density at radius 3 is 1.10 bits per heavy atom. The van der Waals surface area contributed by atoms with Crippen LogP contribution in [-0.4, -0.2) is 11.6 Å². The van der Waals surface area contributed by atoms with Gasteiger partial charge in [0.1, 0.15) is 0 Å². The van der Waals surface area contributed by atoms with Crippen LogP contribution in [0.3, 0.4) is 0 Å². The quantitative estimate of drug-likeness (QED) is 0.0194. The van der Waals surface area contributed by atoms with Gasteiger partial charge < -0.3 is 0 Å². The van der Waals surface area contributed by atoms with Crippen molar-refractivity contribution in [2.45, 2.75) is 218 Å². The van der Waals surface area contributed by atoms with Crippen molar-refractivity contribution in [2.24, 2.45) is 0 Å². The number of ketones is 2. The lowest BCUT2D eigenvalue weighted by molar-refractivity contribution is 0.103. The van der Waals surface area contributed by atoms with Gasteiger partial charge in [-0.3, -0.25) is 9.59 Å². The van der Waals surface area contributed by atoms with Crippen molar-refractivity contribution in [1.82, 2.24) is 0 Å². The molecule has 6 nitrogen and oxygen atoms in total. The number of hydrogen-bond donors (Lipinski definition) is 0. The van der Waals surface area contributed by atoms with Gasteiger partial charge in [-0.25, -0.2) is 20.2 Å². The van der Waals surface area contributed by atoms with Crippen LogP contribution >= 0.6 is 91.2 Å². The number of benzene rings is 1. The van der Waals surface area contributed by atoms with Crippen molar-refractivity contribution in [2.75, 3.05) is 0 Å². The maximum Gasteiger partial charge on any atom is 0.270 e. The Morgan fingerprint density at radius 1 is 0.455 bits per heavy atom. The first-order valence-corrected chi connectivity index (χ1v) is 38.1. The molecular formula is C74H76Cl2N4O2S6. The zero-order valence-electron chi connectivity index (χ0n) is 51.2. The predicted molar refractivity (Wildman–Crippen MR) is 379 cm³/mol. The van der Waals surface area contributed by atoms with Gasteiger partial charge in [-0.15, -0.1) is 68.0 Å². The van der Waals surface area contributed by atoms with Crippen molar-refractivity contribution in [3.8, 4) is 33.0 Å². The van der Waals surface area contributed by atoms with E-state index in [4.69, 9.17) is 36.3 Å². The van der Waals surface area contributed by atoms with Gasteiger partial charge in [0, 0.05) is 62.0 Å². The minimum atomic E-state index is -0.230. The Bertz CT molecular complexity index is 3820. The number of allylic oxidation sites excluding steroid dienone is 6. The third kappa shape index (κ3) is 12.0. The lowest BCUT2D eigenvalue weighted by Gasteiger charge is -2.35. The third-order valence-corrected chi connectivity index (χ3v) is 26.4. The van der Waals surface area contributed by atoms with Crippen molar-refractivity contribution < 1.29 is 9.59 Å². The summed E-state index contributed by atoms with van der Waals surface area (Å²) < 4.78 is 5.99. The van der Waals surface area contributed by atoms with Gasteiger partial charge in [-0.1, -0.05) is 205 Å². The van der Waals surface area contributed by atoms with E-state index in [0.717, 1.165) is 61.1 Å². The van der Waals surface area contributed by atoms with Gasteiger partial charge >= 0.3 is 0 Å². The van der Waals surface area contributed by atoms with E-state index >= 15 is 0 Å². The van der Waals surface area contributed by atoms with Gasteiger partial charge in [-0.05, 0) is 119 Å². The fourth-order valence-electron chi connectivity index (χ4n) is 14.9. The molecule has 0 unspecified atom stereocenters. The molecule has 88 heavy (non-hydrogen) atoms. The van der Waals surface area contributed by atoms with E-state index in [9.17, 15) is 20.1 Å². The monoisotopic (exact) mass is 1310 g/mol. The van der Waals surface area contributed by atoms with Gasteiger partial charge in [0.25, 0.3) is 11.4 Å². The summed E-state index contributed by atoms with van der Waals surface area (Å²) in [6.07, 6.45) is 37.4. The summed E-state index contributed by atoms with van der Waals surface area (Å²) in [5.41, 5.74) is 10.8. The van der Waals surface area contributed by atoms with E-state index in [1.54, 1.807) is 34.8 Å². The summed E-state index contributed by atoms with van der Waals surface area (Å²) in [4.78, 5) is 41.5. The fourth-order valence-corrected chi connectivity index (χ4v) is 22.9. The Labute approximate surface area is 555 Å². The molecule has 0 saturated heterocycles. The van der Waals surface area contributed by atoms with Crippen LogP contribution in [0.15, 0.2) is 58.9 Å². The van der Waals surface area contributed by atoms with E-state index < -0.39 is 0 Å². The third-order valence-electron chi connectivity index (χ3n) is 19.1. The average molecular weight is 1320 g/mol. The molecule has 454 valence electrons. The lowest BCUT2D eigenvalue weighted by Crippen LogP contribution is -2.27. The van der Waals surface area contributed by atoms with E-state index in [2.05, 4.69) is 73.8 Å². The molecule has 0 spiro atoms. The molecule has 0 saturated carbocycles. The van der Waals surface area contributed by atoms with Crippen molar-refractivity contribution in [3.63, 3.8) is 0 Å². The second-order valence-corrected chi connectivity index (χ2v) is 32.4. The van der Waals surface area contributed by atoms with Crippen LogP contribution in [0.2, 0.25) is 8.67 Å². The topological polar surface area (TPSA) is 90.4 Å². The molecule has 0 atom stereocenters. The highest BCUT2D eigenvalue weighted by Crippen LogP contribution is 2.67. The molecule has 4 aliphatic rings. The Kier molecular flexibility index (Phi) is 20.8. The van der Waals surface area contributed by atoms with Crippen LogP contribution in [0.5, 0.6) is 0 Å². The molecule has 11 rings (SSSR count). The van der Waals surface area contributed by atoms with Crippen LogP contribution in [0, 0.1) is 35.8 Å². The summed E-state index contributed by atoms with van der Waals surface area (Å²) in [5, 5.41) is 20.5. The number of thiophene rings is 6. The van der Waals surface area contributed by atoms with Crippen LogP contribution in [0.25, 0.3) is 72.7 Å². The molecule has 0 amide bonds. The Balaban J connectivity index is 1.10. The molecule has 0 N–H and O–H groups in total. The molecular weight excluding hydrogens is 1240 g/mol. The Hall–Kier alpha value is -5.22. The van der Waals surface area contributed by atoms with Crippen molar-refractivity contribution >= 4 is 145 Å². The number of Topliss-reactive ketones (excluding diaryl/α,β-unsaturated/α-hetero) is 2. The highest BCUT2D eigenvalue weighted by atomic mass is 35.5. The molecule has 0 aliphatic heterocycles. The number of rotatable bonds is 30. The minimum absolute atomic E-state index is 0.0915. The number of halogens is 2. The molecule has 6 aromatic heterocycles. The summed E-state index contributed by atoms with van der Waals surface area (Å²) in [7, 11) is 0. The second kappa shape index (κ2) is 28.5. The molecule has 0 bridgehead atoms. The van der Waals surface area contributed by atoms with Crippen molar-refractivity contribution in [1.29, 1.82) is 10.5 Å². The van der Waals surface area contributed by atoms with Gasteiger partial charge in [0.15, 0.2) is 0 Å². The van der Waals surface area contributed by atoms with Crippen LogP contribution in [0.4, 0.5) is 0 Å². The predicted octanol–water partition coefficient (Wildman–Crippen LogP) is 26.1. The molecule has 14 heteroatoms. The molecule has 4 aliphatic carbocycles. The van der Waals surface area contributed by atoms with E-state index in [0.29, 0.717) is 51.8 Å². The van der Waals surface area contributed by atoms with Crippen LogP contribution in [0.1, 0.15) is 270 Å². The molecule has 7 aromatic rings. The number of unbranched alkanes of at least 4 members (excludes halogenated alkanes) is 20. The average Bonchev–Trinajstić information content (AvgIpc) is 1.58. The van der Waals surface area contributed by atoms with Gasteiger partial charge in [-0.2, -0.15) is 0 Å². The molecule has 0 fully saturated rings. The van der Waals surface area contributed by atoms with E-state index in [-0.39, 0.29) is 33.8 Å². The number of nitrogens with zero attached hydrogens (tertiary/aromatic N) is 4. The molecule has 1 aromatic carbocycles. The van der Waals surface area contributed by atoms with Crippen molar-refractivity contribution in [3.05, 3.63) is 143 Å². The van der Waals surface area contributed by atoms with Crippen LogP contribution < -0.4 is 0 Å². The fraction of sp³-hybridized carbons (Fsp3) is 0.459. The number of nitriles is 2. The smallest absolute Gasteiger partial charge is 0.270 e. The van der Waals surface area contributed by atoms with E-state index in [1.165, 1.54) is 213 Å². The lowest BCUT2D eigenvalue weighted by atomic mass is 9.68. The van der Waals surface area contributed by atoms with Gasteiger partial charge in [0.05, 0.1) is 53.1 Å². The van der Waals surface area contributed by atoms with E-state index in [1.807, 2.05) is 34.8 Å². The van der Waals surface area contributed by atoms with Crippen LogP contribution in [-0.2, 0) is 10.8 Å².